The van der Waals surface area contributed by atoms with E-state index in [0.29, 0.717) is 41.8 Å². The van der Waals surface area contributed by atoms with Gasteiger partial charge in [0.25, 0.3) is 0 Å². The van der Waals surface area contributed by atoms with Gasteiger partial charge in [-0.3, -0.25) is 4.79 Å². The van der Waals surface area contributed by atoms with Crippen molar-refractivity contribution in [2.75, 3.05) is 0 Å². The van der Waals surface area contributed by atoms with Gasteiger partial charge in [-0.2, -0.15) is 0 Å². The Bertz CT molecular complexity index is 1190. The molecule has 0 spiro atoms. The highest BCUT2D eigenvalue weighted by molar-refractivity contribution is 6.33. The monoisotopic (exact) mass is 420 g/mol. The van der Waals surface area contributed by atoms with Crippen LogP contribution in [0.1, 0.15) is 30.7 Å². The van der Waals surface area contributed by atoms with Crippen LogP contribution in [0, 0.1) is 0 Å². The predicted octanol–water partition coefficient (Wildman–Crippen LogP) is 5.00. The lowest BCUT2D eigenvalue weighted by molar-refractivity contribution is -0.132. The molecule has 6 nitrogen and oxygen atoms in total. The molecule has 2 heterocycles. The Labute approximate surface area is 178 Å². The lowest BCUT2D eigenvalue weighted by Crippen LogP contribution is -2.32. The topological polar surface area (TPSA) is 75.0 Å². The number of hydrogen-bond donors (Lipinski definition) is 1. The number of amides is 1. The summed E-state index contributed by atoms with van der Waals surface area (Å²) in [6.07, 6.45) is 5.17. The molecule has 1 aliphatic carbocycles. The van der Waals surface area contributed by atoms with Crippen molar-refractivity contribution in [2.24, 2.45) is 0 Å². The molecule has 2 aromatic carbocycles. The summed E-state index contributed by atoms with van der Waals surface area (Å²) in [7, 11) is 0. The number of nitrogens with zero attached hydrogens (tertiary/aromatic N) is 3. The Morgan fingerprint density at radius 1 is 1.13 bits per heavy atom. The van der Waals surface area contributed by atoms with Crippen molar-refractivity contribution in [3.05, 3.63) is 71.2 Å². The van der Waals surface area contributed by atoms with E-state index in [1.54, 1.807) is 6.07 Å². The quantitative estimate of drug-likeness (QED) is 0.456. The minimum absolute atomic E-state index is 0.111. The number of hydrogen-bond acceptors (Lipinski definition) is 4. The summed E-state index contributed by atoms with van der Waals surface area (Å²) in [5.41, 5.74) is 2.95. The zero-order valence-electron chi connectivity index (χ0n) is 16.3. The Morgan fingerprint density at radius 3 is 2.77 bits per heavy atom. The number of para-hydroxylation sites is 1. The Balaban J connectivity index is 1.28. The normalized spacial score (nSPS) is 13.6. The molecule has 1 N–H and O–H groups in total. The van der Waals surface area contributed by atoms with Crippen LogP contribution in [0.3, 0.4) is 0 Å². The van der Waals surface area contributed by atoms with Gasteiger partial charge in [-0.15, -0.1) is 10.2 Å². The predicted molar refractivity (Wildman–Crippen MR) is 115 cm³/mol. The van der Waals surface area contributed by atoms with Gasteiger partial charge in [-0.05, 0) is 43.0 Å². The van der Waals surface area contributed by atoms with Gasteiger partial charge in [0.05, 0.1) is 17.1 Å². The number of benzene rings is 2. The highest BCUT2D eigenvalue weighted by Gasteiger charge is 2.33. The highest BCUT2D eigenvalue weighted by atomic mass is 35.5. The first-order chi connectivity index (χ1) is 14.7. The average Bonchev–Trinajstić information content (AvgIpc) is 3.35. The van der Waals surface area contributed by atoms with Crippen LogP contribution in [-0.2, 0) is 17.8 Å². The van der Waals surface area contributed by atoms with Crippen molar-refractivity contribution >= 4 is 28.4 Å². The average molecular weight is 421 g/mol. The molecule has 7 heteroatoms. The van der Waals surface area contributed by atoms with Gasteiger partial charge in [0.15, 0.2) is 0 Å². The third kappa shape index (κ3) is 3.83. The third-order valence-electron chi connectivity index (χ3n) is 5.47. The third-order valence-corrected chi connectivity index (χ3v) is 5.80. The molecule has 2 aromatic heterocycles. The van der Waals surface area contributed by atoms with Gasteiger partial charge in [0.1, 0.15) is 0 Å². The number of rotatable bonds is 7. The molecule has 0 aliphatic heterocycles. The summed E-state index contributed by atoms with van der Waals surface area (Å²) < 4.78 is 5.81. The van der Waals surface area contributed by atoms with Crippen molar-refractivity contribution in [1.29, 1.82) is 0 Å². The molecule has 1 amide bonds. The fraction of sp³-hybridized carbons (Fsp3) is 0.261. The van der Waals surface area contributed by atoms with Crippen LogP contribution in [0.5, 0.6) is 0 Å². The summed E-state index contributed by atoms with van der Waals surface area (Å²) >= 11 is 6.22. The number of nitrogens with one attached hydrogen (secondary N) is 1. The molecule has 30 heavy (non-hydrogen) atoms. The van der Waals surface area contributed by atoms with Crippen LogP contribution in [0.4, 0.5) is 0 Å². The van der Waals surface area contributed by atoms with E-state index >= 15 is 0 Å². The number of carbonyl (C=O) groups excluding carboxylic acids is 1. The van der Waals surface area contributed by atoms with Crippen molar-refractivity contribution in [1.82, 2.24) is 20.1 Å². The van der Waals surface area contributed by atoms with Crippen LogP contribution < -0.4 is 0 Å². The molecule has 152 valence electrons. The summed E-state index contributed by atoms with van der Waals surface area (Å²) in [6, 6.07) is 15.8. The van der Waals surface area contributed by atoms with Gasteiger partial charge in [0, 0.05) is 29.6 Å². The number of H-pyrrole nitrogens is 1. The minimum atomic E-state index is 0.111. The van der Waals surface area contributed by atoms with Gasteiger partial charge in [-0.25, -0.2) is 0 Å². The first-order valence-electron chi connectivity index (χ1n) is 10.1. The van der Waals surface area contributed by atoms with E-state index in [9.17, 15) is 4.79 Å². The van der Waals surface area contributed by atoms with Gasteiger partial charge < -0.3 is 14.3 Å². The molecule has 0 bridgehead atoms. The molecule has 0 radical (unpaired) electrons. The van der Waals surface area contributed by atoms with Crippen LogP contribution in [0.25, 0.3) is 22.4 Å². The molecule has 1 saturated carbocycles. The number of aryl methyl sites for hydroxylation is 1. The molecule has 0 atom stereocenters. The fourth-order valence-corrected chi connectivity index (χ4v) is 3.95. The largest absolute Gasteiger partial charge is 0.419 e. The van der Waals surface area contributed by atoms with E-state index in [1.807, 2.05) is 47.5 Å². The number of halogens is 1. The fourth-order valence-electron chi connectivity index (χ4n) is 3.74. The Kier molecular flexibility index (Phi) is 5.01. The maximum absolute atomic E-state index is 13.0. The van der Waals surface area contributed by atoms with Gasteiger partial charge >= 0.3 is 0 Å². The first-order valence-corrected chi connectivity index (χ1v) is 10.5. The van der Waals surface area contributed by atoms with E-state index in [0.717, 1.165) is 23.9 Å². The van der Waals surface area contributed by atoms with E-state index in [4.69, 9.17) is 16.0 Å². The molecule has 0 unspecified atom stereocenters. The van der Waals surface area contributed by atoms with Crippen molar-refractivity contribution in [2.45, 2.75) is 38.3 Å². The van der Waals surface area contributed by atoms with Crippen LogP contribution >= 0.6 is 11.6 Å². The number of carbonyl (C=O) groups is 1. The molecule has 1 aliphatic rings. The lowest BCUT2D eigenvalue weighted by atomic mass is 10.1. The molecule has 5 rings (SSSR count). The van der Waals surface area contributed by atoms with Crippen molar-refractivity contribution in [3.63, 3.8) is 0 Å². The molecule has 0 saturated heterocycles. The van der Waals surface area contributed by atoms with Crippen LogP contribution in [-0.4, -0.2) is 32.0 Å². The molecular weight excluding hydrogens is 400 g/mol. The van der Waals surface area contributed by atoms with E-state index in [-0.39, 0.29) is 11.9 Å². The maximum Gasteiger partial charge on any atom is 0.249 e. The summed E-state index contributed by atoms with van der Waals surface area (Å²) in [6.45, 7) is 0.328. The van der Waals surface area contributed by atoms with Gasteiger partial charge in [-0.1, -0.05) is 41.9 Å². The number of fused-ring (bicyclic) bond motifs is 1. The highest BCUT2D eigenvalue weighted by Crippen LogP contribution is 2.31. The minimum Gasteiger partial charge on any atom is -0.419 e. The molecular formula is C23H21ClN4O2. The Morgan fingerprint density at radius 2 is 1.93 bits per heavy atom. The number of aromatic amines is 1. The van der Waals surface area contributed by atoms with E-state index in [1.165, 1.54) is 5.39 Å². The van der Waals surface area contributed by atoms with Crippen LogP contribution in [0.15, 0.2) is 59.1 Å². The van der Waals surface area contributed by atoms with Crippen LogP contribution in [0.2, 0.25) is 5.02 Å². The zero-order chi connectivity index (χ0) is 20.5. The Hall–Kier alpha value is -3.12. The van der Waals surface area contributed by atoms with E-state index in [2.05, 4.69) is 21.2 Å². The smallest absolute Gasteiger partial charge is 0.249 e. The standard InChI is InChI=1S/C23H21ClN4O2/c24-19-7-3-1-6-18(19)23-27-26-21(30-23)14-28(16-10-11-16)22(29)12-9-15-13-25-20-8-4-2-5-17(15)20/h1-8,13,16,25H,9-12,14H2. The summed E-state index contributed by atoms with van der Waals surface area (Å²) in [5, 5.41) is 9.99. The molecule has 1 fully saturated rings. The zero-order valence-corrected chi connectivity index (χ0v) is 17.1. The summed E-state index contributed by atoms with van der Waals surface area (Å²) in [5.74, 6) is 0.912. The van der Waals surface area contributed by atoms with Crippen molar-refractivity contribution < 1.29 is 9.21 Å². The second-order valence-corrected chi connectivity index (χ2v) is 8.00. The van der Waals surface area contributed by atoms with Crippen molar-refractivity contribution in [3.8, 4) is 11.5 Å². The van der Waals surface area contributed by atoms with E-state index < -0.39 is 0 Å². The first kappa shape index (κ1) is 18.9. The SMILES string of the molecule is O=C(CCc1c[nH]c2ccccc12)N(Cc1nnc(-c2ccccc2Cl)o1)C1CC1. The summed E-state index contributed by atoms with van der Waals surface area (Å²) in [4.78, 5) is 18.1. The van der Waals surface area contributed by atoms with Gasteiger partial charge in [0.2, 0.25) is 17.7 Å². The second-order valence-electron chi connectivity index (χ2n) is 7.59. The lowest BCUT2D eigenvalue weighted by Gasteiger charge is -2.20. The molecule has 4 aromatic rings. The second kappa shape index (κ2) is 7.95. The maximum atomic E-state index is 13.0. The number of aromatic nitrogens is 3.